The molecule has 0 rings (SSSR count). The fourth-order valence-corrected chi connectivity index (χ4v) is 13.6. The molecule has 0 saturated carbocycles. The van der Waals surface area contributed by atoms with E-state index in [1.165, 1.54) is 283 Å². The number of esters is 2. The van der Waals surface area contributed by atoms with Crippen molar-refractivity contribution in [2.75, 3.05) is 47.5 Å². The molecule has 2 unspecified atom stereocenters. The first-order chi connectivity index (χ1) is 51.0. The van der Waals surface area contributed by atoms with Crippen molar-refractivity contribution in [2.45, 2.75) is 418 Å². The van der Waals surface area contributed by atoms with Gasteiger partial charge in [0.25, 0.3) is 0 Å². The normalized spacial score (nSPS) is 13.6. The van der Waals surface area contributed by atoms with Crippen LogP contribution in [-0.2, 0) is 32.7 Å². The van der Waals surface area contributed by atoms with Gasteiger partial charge >= 0.3 is 19.8 Å². The van der Waals surface area contributed by atoms with Crippen LogP contribution in [0.5, 0.6) is 0 Å². The van der Waals surface area contributed by atoms with Gasteiger partial charge < -0.3 is 18.9 Å². The molecule has 2 atom stereocenters. The number of rotatable bonds is 82. The van der Waals surface area contributed by atoms with E-state index in [-0.39, 0.29) is 25.6 Å². The van der Waals surface area contributed by atoms with E-state index in [0.29, 0.717) is 23.9 Å². The van der Waals surface area contributed by atoms with Crippen LogP contribution in [0.15, 0.2) is 122 Å². The highest BCUT2D eigenvalue weighted by molar-refractivity contribution is 7.47. The molecule has 0 aromatic rings. The fraction of sp³-hybridized carbons (Fsp3) is 0.766. The summed E-state index contributed by atoms with van der Waals surface area (Å²) in [5.74, 6) is -0.776. The van der Waals surface area contributed by atoms with Gasteiger partial charge in [-0.3, -0.25) is 18.6 Å². The molecule has 0 aliphatic carbocycles. The minimum Gasteiger partial charge on any atom is -0.462 e. The zero-order valence-corrected chi connectivity index (χ0v) is 69.9. The average Bonchev–Trinajstić information content (AvgIpc) is 0.920. The van der Waals surface area contributed by atoms with Crippen LogP contribution in [0.25, 0.3) is 0 Å². The van der Waals surface area contributed by atoms with Crippen LogP contribution in [-0.4, -0.2) is 74.9 Å². The third-order valence-corrected chi connectivity index (χ3v) is 20.5. The first-order valence-electron chi connectivity index (χ1n) is 44.3. The Morgan fingerprint density at radius 3 is 0.769 bits per heavy atom. The van der Waals surface area contributed by atoms with Gasteiger partial charge in [0.1, 0.15) is 19.8 Å². The van der Waals surface area contributed by atoms with Gasteiger partial charge in [0.15, 0.2) is 6.10 Å². The van der Waals surface area contributed by atoms with Crippen molar-refractivity contribution in [2.24, 2.45) is 0 Å². The van der Waals surface area contributed by atoms with E-state index in [4.69, 9.17) is 18.5 Å². The number of carbonyl (C=O) groups excluding carboxylic acids is 2. The molecule has 0 bridgehead atoms. The molecule has 0 spiro atoms. The zero-order valence-electron chi connectivity index (χ0n) is 69.0. The maximum Gasteiger partial charge on any atom is 0.472 e. The summed E-state index contributed by atoms with van der Waals surface area (Å²) in [6.45, 7) is 4.26. The molecular weight excluding hydrogens is 1300 g/mol. The van der Waals surface area contributed by atoms with Crippen LogP contribution in [0.3, 0.4) is 0 Å². The van der Waals surface area contributed by atoms with Gasteiger partial charge in [0, 0.05) is 12.8 Å². The average molecular weight is 1470 g/mol. The third kappa shape index (κ3) is 87.3. The molecule has 10 heteroatoms. The van der Waals surface area contributed by atoms with Crippen molar-refractivity contribution >= 4 is 19.8 Å². The van der Waals surface area contributed by atoms with Crippen LogP contribution >= 0.6 is 7.82 Å². The Hall–Kier alpha value is -3.59. The van der Waals surface area contributed by atoms with Gasteiger partial charge in [0.05, 0.1) is 27.7 Å². The predicted octanol–water partition coefficient (Wildman–Crippen LogP) is 30.1. The van der Waals surface area contributed by atoms with E-state index in [2.05, 4.69) is 135 Å². The molecule has 0 aromatic heterocycles. The zero-order chi connectivity index (χ0) is 75.4. The monoisotopic (exact) mass is 1470 g/mol. The van der Waals surface area contributed by atoms with Crippen molar-refractivity contribution in [3.63, 3.8) is 0 Å². The molecule has 0 fully saturated rings. The molecule has 1 N–H and O–H groups in total. The highest BCUT2D eigenvalue weighted by Crippen LogP contribution is 2.43. The molecule has 0 amide bonds. The first-order valence-corrected chi connectivity index (χ1v) is 45.8. The Bertz CT molecular complexity index is 2180. The van der Waals surface area contributed by atoms with Crippen molar-refractivity contribution in [1.82, 2.24) is 0 Å². The lowest BCUT2D eigenvalue weighted by Gasteiger charge is -2.24. The van der Waals surface area contributed by atoms with Crippen molar-refractivity contribution in [3.05, 3.63) is 122 Å². The largest absolute Gasteiger partial charge is 0.472 e. The lowest BCUT2D eigenvalue weighted by molar-refractivity contribution is -0.870. The van der Waals surface area contributed by atoms with Crippen LogP contribution in [0.4, 0.5) is 0 Å². The lowest BCUT2D eigenvalue weighted by Crippen LogP contribution is -2.37. The number of ether oxygens (including phenoxy) is 2. The highest BCUT2D eigenvalue weighted by atomic mass is 31.2. The summed E-state index contributed by atoms with van der Waals surface area (Å²) in [4.78, 5) is 36.1. The highest BCUT2D eigenvalue weighted by Gasteiger charge is 2.27. The summed E-state index contributed by atoms with van der Waals surface area (Å²) >= 11 is 0. The van der Waals surface area contributed by atoms with Gasteiger partial charge in [-0.1, -0.05) is 418 Å². The second kappa shape index (κ2) is 83.4. The number of phosphoric ester groups is 1. The first kappa shape index (κ1) is 100. The maximum atomic E-state index is 13.0. The number of hydrogen-bond acceptors (Lipinski definition) is 7. The molecule has 602 valence electrons. The molecule has 0 aliphatic heterocycles. The summed E-state index contributed by atoms with van der Waals surface area (Å²) in [6.07, 6.45) is 121. The second-order valence-electron chi connectivity index (χ2n) is 30.9. The smallest absolute Gasteiger partial charge is 0.462 e. The molecule has 9 nitrogen and oxygen atoms in total. The van der Waals surface area contributed by atoms with Gasteiger partial charge in [0.2, 0.25) is 0 Å². The number of allylic oxidation sites excluding steroid dienone is 20. The molecule has 0 aromatic carbocycles. The van der Waals surface area contributed by atoms with E-state index in [1.54, 1.807) is 0 Å². The van der Waals surface area contributed by atoms with Crippen molar-refractivity contribution in [3.8, 4) is 0 Å². The lowest BCUT2D eigenvalue weighted by atomic mass is 10.0. The third-order valence-electron chi connectivity index (χ3n) is 19.5. The van der Waals surface area contributed by atoms with E-state index in [1.807, 2.05) is 21.1 Å². The van der Waals surface area contributed by atoms with Crippen molar-refractivity contribution in [1.29, 1.82) is 0 Å². The maximum absolute atomic E-state index is 13.0. The predicted molar refractivity (Wildman–Crippen MR) is 454 cm³/mol. The van der Waals surface area contributed by atoms with Crippen molar-refractivity contribution < 1.29 is 42.1 Å². The van der Waals surface area contributed by atoms with Gasteiger partial charge in [-0.2, -0.15) is 0 Å². The molecule has 0 radical (unpaired) electrons. The molecule has 0 heterocycles. The van der Waals surface area contributed by atoms with Gasteiger partial charge in [-0.05, 0) is 103 Å². The summed E-state index contributed by atoms with van der Waals surface area (Å²) < 4.78 is 34.9. The molecule has 0 saturated heterocycles. The Morgan fingerprint density at radius 2 is 0.519 bits per heavy atom. The number of hydrogen-bond donors (Lipinski definition) is 1. The van der Waals surface area contributed by atoms with Gasteiger partial charge in [-0.25, -0.2) is 4.57 Å². The van der Waals surface area contributed by atoms with Crippen LogP contribution in [0.1, 0.15) is 412 Å². The van der Waals surface area contributed by atoms with Gasteiger partial charge in [-0.15, -0.1) is 0 Å². The molecule has 104 heavy (non-hydrogen) atoms. The topological polar surface area (TPSA) is 108 Å². The number of unbranched alkanes of at least 4 members (excludes halogenated alkanes) is 48. The standard InChI is InChI=1S/C94H168NO8P/c1-6-8-10-12-14-16-18-20-22-24-26-28-30-32-34-36-38-40-42-44-46-47-49-51-53-55-57-59-61-63-65-67-69-71-73-75-77-79-81-83-85-87-94(97)103-92(91-102-104(98,99)101-89-88-95(3,4)5)90-100-93(96)86-84-82-80-78-76-74-72-70-68-66-64-62-60-58-56-54-52-50-48-45-43-41-39-37-35-33-31-29-27-25-23-21-19-17-15-13-11-9-7-2/h8-11,14-17,20-23,26-29,32,34,38,40,92H,6-7,12-13,18-19,24-25,30-31,33,35-37,39,41-91H2,1-5H3/p+1/b10-8-,11-9-,16-14-,17-15-,22-20-,23-21-,28-26-,29-27-,34-32-,40-38-. The van der Waals surface area contributed by atoms with Crippen LogP contribution in [0, 0.1) is 0 Å². The number of carbonyl (C=O) groups is 2. The van der Waals surface area contributed by atoms with Crippen LogP contribution in [0.2, 0.25) is 0 Å². The summed E-state index contributed by atoms with van der Waals surface area (Å²) in [5, 5.41) is 0. The number of nitrogens with zero attached hydrogens (tertiary/aromatic N) is 1. The second-order valence-corrected chi connectivity index (χ2v) is 32.3. The van der Waals surface area contributed by atoms with E-state index < -0.39 is 26.5 Å². The van der Waals surface area contributed by atoms with E-state index in [9.17, 15) is 19.0 Å². The minimum absolute atomic E-state index is 0.0321. The molecular formula is C94H169NO8P+. The SMILES string of the molecule is CC/C=C\C/C=C\C/C=C\C/C=C\C/C=C\C/C=C\CCCCCCCCCCCCCCCCCCCCCCCCC(=O)OC(COC(=O)CCCCCCCCCCCCCCCCCCCCCCCCCCCC/C=C\C/C=C\C/C=C\C/C=C\CC)COP(=O)(O)OCC[N+](C)(C)C. The fourth-order valence-electron chi connectivity index (χ4n) is 12.8. The van der Waals surface area contributed by atoms with Crippen LogP contribution < -0.4 is 0 Å². The summed E-state index contributed by atoms with van der Waals surface area (Å²) in [5.41, 5.74) is 0. The quantitative estimate of drug-likeness (QED) is 0.0211. The Balaban J connectivity index is 3.87. The Kier molecular flexibility index (Phi) is 80.6. The summed E-state index contributed by atoms with van der Waals surface area (Å²) in [6, 6.07) is 0. The molecule has 0 aliphatic rings. The summed E-state index contributed by atoms with van der Waals surface area (Å²) in [7, 11) is 1.49. The minimum atomic E-state index is -4.40. The number of likely N-dealkylation sites (N-methyl/N-ethyl adjacent to an activating group) is 1. The number of quaternary nitrogens is 1. The Morgan fingerprint density at radius 1 is 0.298 bits per heavy atom. The number of phosphoric acid groups is 1. The Labute approximate surface area is 645 Å². The van der Waals surface area contributed by atoms with E-state index >= 15 is 0 Å². The van der Waals surface area contributed by atoms with E-state index in [0.717, 1.165) is 96.3 Å².